The molecule has 0 saturated carbocycles. The first-order valence-electron chi connectivity index (χ1n) is 8.43. The summed E-state index contributed by atoms with van der Waals surface area (Å²) >= 11 is 0. The molecule has 0 atom stereocenters. The van der Waals surface area contributed by atoms with Gasteiger partial charge in [-0.1, -0.05) is 12.1 Å². The molecule has 0 aliphatic heterocycles. The number of carboxylic acids is 1. The lowest BCUT2D eigenvalue weighted by Gasteiger charge is -2.14. The number of aromatic nitrogens is 1. The molecule has 28 heavy (non-hydrogen) atoms. The molecule has 0 unspecified atom stereocenters. The third-order valence-electron chi connectivity index (χ3n) is 4.25. The van der Waals surface area contributed by atoms with Crippen LogP contribution in [0.5, 0.6) is 5.75 Å². The van der Waals surface area contributed by atoms with Gasteiger partial charge in [0.1, 0.15) is 11.6 Å². The molecule has 7 heteroatoms. The maximum absolute atomic E-state index is 14.5. The van der Waals surface area contributed by atoms with Crippen molar-refractivity contribution in [1.29, 1.82) is 5.41 Å². The van der Waals surface area contributed by atoms with Gasteiger partial charge in [0.2, 0.25) is 0 Å². The van der Waals surface area contributed by atoms with Crippen LogP contribution in [0.2, 0.25) is 0 Å². The number of rotatable bonds is 7. The van der Waals surface area contributed by atoms with Crippen molar-refractivity contribution >= 4 is 17.9 Å². The van der Waals surface area contributed by atoms with E-state index in [2.05, 4.69) is 10.3 Å². The molecule has 0 saturated heterocycles. The number of nitrogens with zero attached hydrogens (tertiary/aromatic N) is 1. The summed E-state index contributed by atoms with van der Waals surface area (Å²) in [5.41, 5.74) is 2.30. The van der Waals surface area contributed by atoms with E-state index < -0.39 is 11.8 Å². The van der Waals surface area contributed by atoms with Crippen LogP contribution in [0.4, 0.5) is 10.1 Å². The molecule has 6 nitrogen and oxygen atoms in total. The van der Waals surface area contributed by atoms with Gasteiger partial charge < -0.3 is 20.6 Å². The number of carbonyl (C=O) groups is 1. The second kappa shape index (κ2) is 8.30. The van der Waals surface area contributed by atoms with E-state index in [9.17, 15) is 9.18 Å². The number of hydrogen-bond donors (Lipinski definition) is 3. The summed E-state index contributed by atoms with van der Waals surface area (Å²) in [6.07, 6.45) is 2.62. The highest BCUT2D eigenvalue weighted by Crippen LogP contribution is 2.29. The Balaban J connectivity index is 1.90. The van der Waals surface area contributed by atoms with Crippen LogP contribution < -0.4 is 10.1 Å². The highest BCUT2D eigenvalue weighted by Gasteiger charge is 2.15. The minimum absolute atomic E-state index is 0.136. The smallest absolute Gasteiger partial charge is 0.335 e. The fourth-order valence-corrected chi connectivity index (χ4v) is 2.77. The molecular formula is C21H18FN3O3. The van der Waals surface area contributed by atoms with Gasteiger partial charge in [0, 0.05) is 35.8 Å². The van der Waals surface area contributed by atoms with Crippen molar-refractivity contribution in [2.75, 3.05) is 12.4 Å². The highest BCUT2D eigenvalue weighted by atomic mass is 19.1. The number of nitrogens with one attached hydrogen (secondary N) is 2. The number of ether oxygens (including phenoxy) is 1. The van der Waals surface area contributed by atoms with E-state index in [1.165, 1.54) is 18.3 Å². The van der Waals surface area contributed by atoms with Gasteiger partial charge >= 0.3 is 5.97 Å². The Hall–Kier alpha value is -3.74. The minimum Gasteiger partial charge on any atom is -0.497 e. The normalized spacial score (nSPS) is 10.4. The maximum atomic E-state index is 14.5. The van der Waals surface area contributed by atoms with Crippen LogP contribution in [0.3, 0.4) is 0 Å². The zero-order valence-electron chi connectivity index (χ0n) is 15.1. The molecule has 0 aliphatic rings. The van der Waals surface area contributed by atoms with Crippen molar-refractivity contribution in [3.63, 3.8) is 0 Å². The Bertz CT molecular complexity index is 1020. The molecular weight excluding hydrogens is 361 g/mol. The van der Waals surface area contributed by atoms with E-state index in [0.717, 1.165) is 23.6 Å². The predicted octanol–water partition coefficient (Wildman–Crippen LogP) is 4.20. The largest absolute Gasteiger partial charge is 0.497 e. The molecule has 0 bridgehead atoms. The Morgan fingerprint density at radius 3 is 2.61 bits per heavy atom. The molecule has 0 spiro atoms. The summed E-state index contributed by atoms with van der Waals surface area (Å²) in [7, 11) is 1.60. The Kier molecular flexibility index (Phi) is 5.64. The van der Waals surface area contributed by atoms with E-state index in [1.54, 1.807) is 13.2 Å². The number of hydrogen-bond acceptors (Lipinski definition) is 5. The average Bonchev–Trinajstić information content (AvgIpc) is 2.72. The molecule has 0 amide bonds. The third-order valence-corrected chi connectivity index (χ3v) is 4.25. The van der Waals surface area contributed by atoms with Gasteiger partial charge in [-0.15, -0.1) is 0 Å². The first-order chi connectivity index (χ1) is 13.5. The molecule has 0 aliphatic carbocycles. The monoisotopic (exact) mass is 379 g/mol. The summed E-state index contributed by atoms with van der Waals surface area (Å²) in [4.78, 5) is 15.2. The number of carboxylic acid groups (broad SMARTS) is 1. The Morgan fingerprint density at radius 2 is 2.00 bits per heavy atom. The molecule has 3 aromatic rings. The zero-order chi connectivity index (χ0) is 20.1. The van der Waals surface area contributed by atoms with Crippen molar-refractivity contribution in [3.05, 3.63) is 77.2 Å². The van der Waals surface area contributed by atoms with Crippen molar-refractivity contribution in [2.24, 2.45) is 0 Å². The maximum Gasteiger partial charge on any atom is 0.335 e. The van der Waals surface area contributed by atoms with E-state index in [0.29, 0.717) is 17.8 Å². The fourth-order valence-electron chi connectivity index (χ4n) is 2.77. The molecule has 0 fully saturated rings. The number of anilines is 1. The van der Waals surface area contributed by atoms with Gasteiger partial charge in [-0.05, 0) is 42.0 Å². The number of pyridine rings is 1. The van der Waals surface area contributed by atoms with Gasteiger partial charge in [-0.2, -0.15) is 0 Å². The zero-order valence-corrected chi connectivity index (χ0v) is 15.1. The number of halogens is 1. The first kappa shape index (κ1) is 19.0. The van der Waals surface area contributed by atoms with Crippen molar-refractivity contribution in [3.8, 4) is 17.0 Å². The van der Waals surface area contributed by atoms with Crippen LogP contribution in [-0.4, -0.2) is 29.4 Å². The molecule has 1 heterocycles. The van der Waals surface area contributed by atoms with Crippen LogP contribution >= 0.6 is 0 Å². The highest BCUT2D eigenvalue weighted by molar-refractivity contribution is 5.95. The minimum atomic E-state index is -1.21. The van der Waals surface area contributed by atoms with Gasteiger partial charge in [0.05, 0.1) is 18.4 Å². The SMILES string of the molecule is COc1ccc(CNc2ccnc(-c3ccc(C(=O)O)cc3F)c2C=N)cc1. The first-order valence-corrected chi connectivity index (χ1v) is 8.43. The molecule has 0 radical (unpaired) electrons. The summed E-state index contributed by atoms with van der Waals surface area (Å²) in [5.74, 6) is -1.15. The Morgan fingerprint density at radius 1 is 1.25 bits per heavy atom. The van der Waals surface area contributed by atoms with Crippen molar-refractivity contribution < 1.29 is 19.0 Å². The number of benzene rings is 2. The quantitative estimate of drug-likeness (QED) is 0.535. The average molecular weight is 379 g/mol. The third kappa shape index (κ3) is 3.98. The number of aromatic carboxylic acids is 1. The molecule has 142 valence electrons. The lowest BCUT2D eigenvalue weighted by Crippen LogP contribution is -2.05. The molecule has 1 aromatic heterocycles. The van der Waals surface area contributed by atoms with Crippen molar-refractivity contribution in [2.45, 2.75) is 6.54 Å². The predicted molar refractivity (Wildman–Crippen MR) is 105 cm³/mol. The second-order valence-corrected chi connectivity index (χ2v) is 5.97. The van der Waals surface area contributed by atoms with Crippen LogP contribution in [0.25, 0.3) is 11.3 Å². The van der Waals surface area contributed by atoms with Gasteiger partial charge in [0.15, 0.2) is 0 Å². The lowest BCUT2D eigenvalue weighted by atomic mass is 10.0. The standard InChI is InChI=1S/C21H18FN3O3/c1-28-15-5-2-13(3-6-15)12-25-19-8-9-24-20(17(19)11-23)16-7-4-14(21(26)27)10-18(16)22/h2-11,23H,12H2,1H3,(H,24,25)(H,26,27). The van der Waals surface area contributed by atoms with Gasteiger partial charge in [-0.25, -0.2) is 9.18 Å². The molecule has 3 N–H and O–H groups in total. The summed E-state index contributed by atoms with van der Waals surface area (Å²) in [5, 5.41) is 20.0. The van der Waals surface area contributed by atoms with Crippen LogP contribution in [0.15, 0.2) is 54.7 Å². The van der Waals surface area contributed by atoms with Crippen LogP contribution in [0.1, 0.15) is 21.5 Å². The van der Waals surface area contributed by atoms with Gasteiger partial charge in [-0.3, -0.25) is 4.98 Å². The summed E-state index contributed by atoms with van der Waals surface area (Å²) in [6, 6.07) is 12.9. The Labute approximate surface area is 161 Å². The fraction of sp³-hybridized carbons (Fsp3) is 0.0952. The van der Waals surface area contributed by atoms with E-state index in [-0.39, 0.29) is 16.8 Å². The van der Waals surface area contributed by atoms with Crippen LogP contribution in [-0.2, 0) is 6.54 Å². The lowest BCUT2D eigenvalue weighted by molar-refractivity contribution is 0.0696. The molecule has 3 rings (SSSR count). The van der Waals surface area contributed by atoms with Gasteiger partial charge in [0.25, 0.3) is 0 Å². The molecule has 2 aromatic carbocycles. The topological polar surface area (TPSA) is 95.3 Å². The van der Waals surface area contributed by atoms with Crippen molar-refractivity contribution in [1.82, 2.24) is 4.98 Å². The second-order valence-electron chi connectivity index (χ2n) is 5.97. The summed E-state index contributed by atoms with van der Waals surface area (Å²) in [6.45, 7) is 0.495. The van der Waals surface area contributed by atoms with Crippen LogP contribution in [0, 0.1) is 11.2 Å². The van der Waals surface area contributed by atoms with E-state index >= 15 is 0 Å². The van der Waals surface area contributed by atoms with E-state index in [4.69, 9.17) is 15.3 Å². The summed E-state index contributed by atoms with van der Waals surface area (Å²) < 4.78 is 19.6. The number of methoxy groups -OCH3 is 1. The van der Waals surface area contributed by atoms with E-state index in [1.807, 2.05) is 24.3 Å².